The van der Waals surface area contributed by atoms with Crippen molar-refractivity contribution in [2.75, 3.05) is 0 Å². The Bertz CT molecular complexity index is 3220. The van der Waals surface area contributed by atoms with Gasteiger partial charge >= 0.3 is 0 Å². The molecule has 53 heavy (non-hydrogen) atoms. The Hall–Kier alpha value is -5.87. The Morgan fingerprint density at radius 3 is 1.94 bits per heavy atom. The average molecular weight is 711 g/mol. The molecule has 0 fully saturated rings. The van der Waals surface area contributed by atoms with Gasteiger partial charge in [0.2, 0.25) is 0 Å². The normalized spacial score (nSPS) is 15.8. The molecule has 1 nitrogen and oxygen atoms in total. The fourth-order valence-electron chi connectivity index (χ4n) is 9.24. The molecular formula is C50H30OS2. The SMILES string of the molecule is c1ccc(C2Sc3cc4c(cc3C2c2c3ccccc3c(-c3cccc5ccc6c7ccccc7oc6c35)c3ccccc23)sc2ccccc24)cc1. The van der Waals surface area contributed by atoms with E-state index < -0.39 is 0 Å². The predicted octanol–water partition coefficient (Wildman–Crippen LogP) is 15.1. The Labute approximate surface area is 314 Å². The first kappa shape index (κ1) is 29.7. The van der Waals surface area contributed by atoms with Gasteiger partial charge < -0.3 is 4.42 Å². The fraction of sp³-hybridized carbons (Fsp3) is 0.0400. The molecular weight excluding hydrogens is 681 g/mol. The van der Waals surface area contributed by atoms with E-state index in [1.807, 2.05) is 23.1 Å². The van der Waals surface area contributed by atoms with E-state index in [4.69, 9.17) is 4.42 Å². The summed E-state index contributed by atoms with van der Waals surface area (Å²) in [5, 5.41) is 12.8. The molecule has 0 bridgehead atoms. The van der Waals surface area contributed by atoms with Gasteiger partial charge in [0, 0.05) is 52.4 Å². The second-order valence-electron chi connectivity index (χ2n) is 14.2. The minimum absolute atomic E-state index is 0.158. The molecule has 0 saturated carbocycles. The van der Waals surface area contributed by atoms with E-state index in [0.29, 0.717) is 0 Å². The van der Waals surface area contributed by atoms with E-state index in [2.05, 4.69) is 170 Å². The number of hydrogen-bond acceptors (Lipinski definition) is 3. The van der Waals surface area contributed by atoms with Crippen LogP contribution in [0.5, 0.6) is 0 Å². The average Bonchev–Trinajstić information content (AvgIpc) is 3.90. The lowest BCUT2D eigenvalue weighted by Gasteiger charge is -2.26. The van der Waals surface area contributed by atoms with Crippen LogP contribution in [-0.2, 0) is 0 Å². The number of thiophene rings is 1. The second-order valence-corrected chi connectivity index (χ2v) is 16.5. The van der Waals surface area contributed by atoms with Gasteiger partial charge in [-0.3, -0.25) is 0 Å². The second kappa shape index (κ2) is 11.3. The number of para-hydroxylation sites is 1. The summed E-state index contributed by atoms with van der Waals surface area (Å²) in [6.45, 7) is 0. The molecule has 9 aromatic carbocycles. The van der Waals surface area contributed by atoms with Crippen LogP contribution in [0.2, 0.25) is 0 Å². The number of hydrogen-bond donors (Lipinski definition) is 0. The van der Waals surface area contributed by atoms with Crippen LogP contribution in [0.25, 0.3) is 85.6 Å². The number of fused-ring (bicyclic) bond motifs is 11. The van der Waals surface area contributed by atoms with Crippen molar-refractivity contribution in [3.8, 4) is 11.1 Å². The van der Waals surface area contributed by atoms with Gasteiger partial charge in [0.1, 0.15) is 11.2 Å². The highest BCUT2D eigenvalue weighted by molar-refractivity contribution is 8.00. The molecule has 0 amide bonds. The molecule has 0 saturated heterocycles. The Morgan fingerprint density at radius 1 is 0.472 bits per heavy atom. The zero-order chi connectivity index (χ0) is 34.6. The molecule has 3 heteroatoms. The van der Waals surface area contributed by atoms with E-state index in [9.17, 15) is 0 Å². The summed E-state index contributed by atoms with van der Waals surface area (Å²) < 4.78 is 9.42. The van der Waals surface area contributed by atoms with E-state index in [-0.39, 0.29) is 11.2 Å². The van der Waals surface area contributed by atoms with Crippen LogP contribution in [0.3, 0.4) is 0 Å². The first-order valence-corrected chi connectivity index (χ1v) is 19.9. The van der Waals surface area contributed by atoms with E-state index in [1.165, 1.54) is 85.2 Å². The Balaban J connectivity index is 1.19. The molecule has 11 aromatic rings. The molecule has 3 heterocycles. The third kappa shape index (κ3) is 4.27. The highest BCUT2D eigenvalue weighted by Gasteiger charge is 2.38. The number of benzene rings is 9. The van der Waals surface area contributed by atoms with Crippen LogP contribution >= 0.6 is 23.1 Å². The molecule has 0 N–H and O–H groups in total. The van der Waals surface area contributed by atoms with Gasteiger partial charge in [0.25, 0.3) is 0 Å². The van der Waals surface area contributed by atoms with Crippen LogP contribution in [0.1, 0.15) is 27.9 Å². The van der Waals surface area contributed by atoms with Crippen molar-refractivity contribution in [3.05, 3.63) is 187 Å². The lowest BCUT2D eigenvalue weighted by Crippen LogP contribution is -2.08. The zero-order valence-electron chi connectivity index (χ0n) is 28.5. The Morgan fingerprint density at radius 2 is 1.15 bits per heavy atom. The highest BCUT2D eigenvalue weighted by Crippen LogP contribution is 2.61. The van der Waals surface area contributed by atoms with Gasteiger partial charge in [-0.2, -0.15) is 0 Å². The zero-order valence-corrected chi connectivity index (χ0v) is 30.2. The van der Waals surface area contributed by atoms with E-state index in [0.717, 1.165) is 21.9 Å². The van der Waals surface area contributed by atoms with Gasteiger partial charge in [0.15, 0.2) is 0 Å². The van der Waals surface area contributed by atoms with Crippen molar-refractivity contribution in [2.45, 2.75) is 16.1 Å². The van der Waals surface area contributed by atoms with Gasteiger partial charge in [-0.05, 0) is 85.1 Å². The fourth-order valence-corrected chi connectivity index (χ4v) is 11.9. The molecule has 1 aliphatic heterocycles. The van der Waals surface area contributed by atoms with Crippen molar-refractivity contribution < 1.29 is 4.42 Å². The first-order chi connectivity index (χ1) is 26.3. The maximum absolute atomic E-state index is 6.71. The smallest absolute Gasteiger partial charge is 0.143 e. The number of rotatable bonds is 3. The van der Waals surface area contributed by atoms with Crippen molar-refractivity contribution in [2.24, 2.45) is 0 Å². The molecule has 0 radical (unpaired) electrons. The quantitative estimate of drug-likeness (QED) is 0.169. The summed E-state index contributed by atoms with van der Waals surface area (Å²) in [4.78, 5) is 1.39. The lowest BCUT2D eigenvalue weighted by atomic mass is 9.78. The first-order valence-electron chi connectivity index (χ1n) is 18.2. The van der Waals surface area contributed by atoms with Gasteiger partial charge in [-0.15, -0.1) is 23.1 Å². The van der Waals surface area contributed by atoms with E-state index in [1.54, 1.807) is 0 Å². The van der Waals surface area contributed by atoms with Crippen LogP contribution in [-0.4, -0.2) is 0 Å². The largest absolute Gasteiger partial charge is 0.455 e. The van der Waals surface area contributed by atoms with Crippen molar-refractivity contribution in [1.82, 2.24) is 0 Å². The molecule has 248 valence electrons. The summed E-state index contributed by atoms with van der Waals surface area (Å²) in [6, 6.07) is 62.9. The molecule has 0 spiro atoms. The van der Waals surface area contributed by atoms with Crippen LogP contribution < -0.4 is 0 Å². The number of furan rings is 1. The maximum atomic E-state index is 6.71. The summed E-state index contributed by atoms with van der Waals surface area (Å²) in [6.07, 6.45) is 0. The lowest BCUT2D eigenvalue weighted by molar-refractivity contribution is 0.673. The molecule has 12 rings (SSSR count). The van der Waals surface area contributed by atoms with Gasteiger partial charge in [-0.1, -0.05) is 140 Å². The molecule has 0 aliphatic carbocycles. The van der Waals surface area contributed by atoms with Crippen molar-refractivity contribution in [1.29, 1.82) is 0 Å². The van der Waals surface area contributed by atoms with Crippen LogP contribution in [0.15, 0.2) is 179 Å². The van der Waals surface area contributed by atoms with Crippen molar-refractivity contribution in [3.63, 3.8) is 0 Å². The minimum atomic E-state index is 0.158. The Kier molecular flexibility index (Phi) is 6.34. The van der Waals surface area contributed by atoms with E-state index >= 15 is 0 Å². The monoisotopic (exact) mass is 710 g/mol. The molecule has 1 aliphatic rings. The topological polar surface area (TPSA) is 13.1 Å². The van der Waals surface area contributed by atoms with Gasteiger partial charge in [-0.25, -0.2) is 0 Å². The van der Waals surface area contributed by atoms with Crippen LogP contribution in [0.4, 0.5) is 0 Å². The maximum Gasteiger partial charge on any atom is 0.143 e. The molecule has 2 aromatic heterocycles. The standard InChI is InChI=1S/C50H30OS2/c1-2-13-30(14-3-1)50-48(40-28-43-39(27-44(40)53-50)32-17-9-11-24-42(32)52-43)47-35-20-6-4-18-33(35)46(34-19-5-7-21-36(34)47)38-22-12-15-29-25-26-37-31-16-8-10-23-41(31)51-49(37)45(29)38/h1-28,48,50H. The number of thioether (sulfide) groups is 1. The summed E-state index contributed by atoms with van der Waals surface area (Å²) in [7, 11) is 0. The summed E-state index contributed by atoms with van der Waals surface area (Å²) in [5.41, 5.74) is 8.56. The third-order valence-corrected chi connectivity index (χ3v) is 14.0. The van der Waals surface area contributed by atoms with Crippen molar-refractivity contribution >= 4 is 97.5 Å². The summed E-state index contributed by atoms with van der Waals surface area (Å²) in [5.74, 6) is 0.158. The van der Waals surface area contributed by atoms with Gasteiger partial charge in [0.05, 0.1) is 0 Å². The summed E-state index contributed by atoms with van der Waals surface area (Å²) >= 11 is 3.95. The molecule has 2 atom stereocenters. The highest BCUT2D eigenvalue weighted by atomic mass is 32.2. The third-order valence-electron chi connectivity index (χ3n) is 11.5. The predicted molar refractivity (Wildman–Crippen MR) is 228 cm³/mol. The minimum Gasteiger partial charge on any atom is -0.455 e. The molecule has 2 unspecified atom stereocenters. The van der Waals surface area contributed by atoms with Crippen LogP contribution in [0, 0.1) is 0 Å².